The number of aromatic carboxylic acids is 1. The summed E-state index contributed by atoms with van der Waals surface area (Å²) in [5.41, 5.74) is 4.39. The largest absolute Gasteiger partial charge is 0.494 e. The Bertz CT molecular complexity index is 1150. The number of aromatic hydroxyl groups is 1. The number of carboxylic acids is 1. The van der Waals surface area contributed by atoms with E-state index in [0.29, 0.717) is 10.9 Å². The van der Waals surface area contributed by atoms with Gasteiger partial charge in [0.15, 0.2) is 0 Å². The third-order valence-corrected chi connectivity index (χ3v) is 6.26. The van der Waals surface area contributed by atoms with Gasteiger partial charge in [-0.3, -0.25) is 9.89 Å². The van der Waals surface area contributed by atoms with E-state index < -0.39 is 5.97 Å². The second kappa shape index (κ2) is 9.17. The maximum atomic E-state index is 11.5. The number of piperidine rings is 1. The van der Waals surface area contributed by atoms with Gasteiger partial charge in [0.2, 0.25) is 5.88 Å². The molecule has 2 heterocycles. The van der Waals surface area contributed by atoms with Gasteiger partial charge in [-0.05, 0) is 67.7 Å². The van der Waals surface area contributed by atoms with Crippen molar-refractivity contribution >= 4 is 28.3 Å². The van der Waals surface area contributed by atoms with Crippen LogP contribution in [0.4, 0.5) is 5.69 Å². The van der Waals surface area contributed by atoms with E-state index in [-0.39, 0.29) is 17.4 Å². The van der Waals surface area contributed by atoms with E-state index in [0.717, 1.165) is 36.6 Å². The molecule has 0 unspecified atom stereocenters. The number of hydrogen-bond acceptors (Lipinski definition) is 4. The Hall–Kier alpha value is -3.12. The van der Waals surface area contributed by atoms with Crippen LogP contribution in [0.5, 0.6) is 5.88 Å². The van der Waals surface area contributed by atoms with Gasteiger partial charge in [-0.25, -0.2) is 4.79 Å². The standard InChI is InChI=1S/C26H31N3O3/c1-17(2)24(23-21-15-19(26(31)32)9-12-22(21)28(3)25(23)30)27-20-10-7-18(8-11-20)16-29-13-5-4-6-14-29/h7-12,15,17,30H,4-6,13-14,16H2,1-3H3,(H,31,32). The number of aryl methyl sites for hydroxylation is 1. The Morgan fingerprint density at radius 1 is 1.06 bits per heavy atom. The number of likely N-dealkylation sites (tertiary alicyclic amines) is 1. The van der Waals surface area contributed by atoms with Crippen molar-refractivity contribution < 1.29 is 15.0 Å². The average molecular weight is 434 g/mol. The van der Waals surface area contributed by atoms with Crippen LogP contribution in [0.25, 0.3) is 10.9 Å². The van der Waals surface area contributed by atoms with E-state index in [1.54, 1.807) is 29.8 Å². The van der Waals surface area contributed by atoms with Crippen LogP contribution in [0.3, 0.4) is 0 Å². The molecule has 1 aliphatic rings. The summed E-state index contributed by atoms with van der Waals surface area (Å²) in [5.74, 6) is -0.863. The summed E-state index contributed by atoms with van der Waals surface area (Å²) in [6.07, 6.45) is 3.88. The Labute approximate surface area is 188 Å². The number of aromatic nitrogens is 1. The second-order valence-electron chi connectivity index (χ2n) is 8.95. The molecule has 0 radical (unpaired) electrons. The maximum absolute atomic E-state index is 11.5. The molecule has 3 aromatic rings. The second-order valence-corrected chi connectivity index (χ2v) is 8.95. The van der Waals surface area contributed by atoms with Gasteiger partial charge in [0.05, 0.1) is 28.0 Å². The Balaban J connectivity index is 1.71. The van der Waals surface area contributed by atoms with Gasteiger partial charge in [-0.2, -0.15) is 0 Å². The first-order chi connectivity index (χ1) is 15.3. The van der Waals surface area contributed by atoms with Gasteiger partial charge in [0.1, 0.15) is 0 Å². The average Bonchev–Trinajstić information content (AvgIpc) is 3.03. The molecule has 1 fully saturated rings. The molecule has 0 spiro atoms. The molecule has 2 aromatic carbocycles. The number of aliphatic imine (C=N–C) groups is 1. The van der Waals surface area contributed by atoms with Gasteiger partial charge in [-0.15, -0.1) is 0 Å². The molecule has 1 saturated heterocycles. The van der Waals surface area contributed by atoms with Crippen molar-refractivity contribution in [3.63, 3.8) is 0 Å². The zero-order valence-corrected chi connectivity index (χ0v) is 19.0. The number of carbonyl (C=O) groups is 1. The first-order valence-corrected chi connectivity index (χ1v) is 11.3. The van der Waals surface area contributed by atoms with Crippen LogP contribution in [-0.2, 0) is 13.6 Å². The van der Waals surface area contributed by atoms with E-state index in [4.69, 9.17) is 4.99 Å². The molecular formula is C26H31N3O3. The molecule has 0 aliphatic carbocycles. The fourth-order valence-electron chi connectivity index (χ4n) is 4.48. The van der Waals surface area contributed by atoms with Crippen molar-refractivity contribution in [2.24, 2.45) is 18.0 Å². The number of carboxylic acid groups (broad SMARTS) is 1. The van der Waals surface area contributed by atoms with Crippen LogP contribution in [-0.4, -0.2) is 44.5 Å². The number of nitrogens with zero attached hydrogens (tertiary/aromatic N) is 3. The Morgan fingerprint density at radius 3 is 2.38 bits per heavy atom. The predicted molar refractivity (Wildman–Crippen MR) is 128 cm³/mol. The Kier molecular flexibility index (Phi) is 6.33. The lowest BCUT2D eigenvalue weighted by atomic mass is 9.97. The predicted octanol–water partition coefficient (Wildman–Crippen LogP) is 5.34. The van der Waals surface area contributed by atoms with Crippen LogP contribution < -0.4 is 0 Å². The summed E-state index contributed by atoms with van der Waals surface area (Å²) in [6, 6.07) is 13.2. The highest BCUT2D eigenvalue weighted by Crippen LogP contribution is 2.34. The quantitative estimate of drug-likeness (QED) is 0.514. The molecular weight excluding hydrogens is 402 g/mol. The van der Waals surface area contributed by atoms with E-state index in [1.807, 2.05) is 26.0 Å². The van der Waals surface area contributed by atoms with Gasteiger partial charge in [0, 0.05) is 19.0 Å². The molecule has 0 saturated carbocycles. The minimum atomic E-state index is -0.992. The van der Waals surface area contributed by atoms with Crippen molar-refractivity contribution in [2.75, 3.05) is 13.1 Å². The molecule has 1 aliphatic heterocycles. The lowest BCUT2D eigenvalue weighted by molar-refractivity contribution is 0.0697. The summed E-state index contributed by atoms with van der Waals surface area (Å²) in [5, 5.41) is 21.0. The first-order valence-electron chi connectivity index (χ1n) is 11.3. The van der Waals surface area contributed by atoms with Gasteiger partial charge >= 0.3 is 5.97 Å². The smallest absolute Gasteiger partial charge is 0.335 e. The third kappa shape index (κ3) is 4.41. The number of fused-ring (bicyclic) bond motifs is 1. The number of hydrogen-bond donors (Lipinski definition) is 2. The summed E-state index contributed by atoms with van der Waals surface area (Å²) < 4.78 is 1.68. The highest BCUT2D eigenvalue weighted by molar-refractivity contribution is 6.15. The van der Waals surface area contributed by atoms with E-state index in [1.165, 1.54) is 24.8 Å². The van der Waals surface area contributed by atoms with E-state index in [2.05, 4.69) is 17.0 Å². The van der Waals surface area contributed by atoms with Gasteiger partial charge < -0.3 is 14.8 Å². The van der Waals surface area contributed by atoms with Crippen molar-refractivity contribution in [3.8, 4) is 5.88 Å². The molecule has 0 atom stereocenters. The highest BCUT2D eigenvalue weighted by Gasteiger charge is 2.23. The highest BCUT2D eigenvalue weighted by atomic mass is 16.4. The molecule has 168 valence electrons. The zero-order valence-electron chi connectivity index (χ0n) is 19.0. The van der Waals surface area contributed by atoms with E-state index in [9.17, 15) is 15.0 Å². The summed E-state index contributed by atoms with van der Waals surface area (Å²) in [7, 11) is 1.77. The van der Waals surface area contributed by atoms with Crippen molar-refractivity contribution in [1.29, 1.82) is 0 Å². The molecule has 6 nitrogen and oxygen atoms in total. The Morgan fingerprint density at radius 2 is 1.75 bits per heavy atom. The molecule has 2 N–H and O–H groups in total. The van der Waals surface area contributed by atoms with Crippen LogP contribution in [0.15, 0.2) is 47.5 Å². The fraction of sp³-hybridized carbons (Fsp3) is 0.385. The topological polar surface area (TPSA) is 78.1 Å². The van der Waals surface area contributed by atoms with Crippen LogP contribution in [0, 0.1) is 5.92 Å². The minimum absolute atomic E-state index is 0.0352. The summed E-state index contributed by atoms with van der Waals surface area (Å²) in [6.45, 7) is 7.35. The van der Waals surface area contributed by atoms with Gasteiger partial charge in [0.25, 0.3) is 0 Å². The normalized spacial score (nSPS) is 15.6. The van der Waals surface area contributed by atoms with Crippen molar-refractivity contribution in [1.82, 2.24) is 9.47 Å². The molecule has 4 rings (SSSR count). The summed E-state index contributed by atoms with van der Waals surface area (Å²) in [4.78, 5) is 18.9. The van der Waals surface area contributed by atoms with Crippen LogP contribution >= 0.6 is 0 Å². The fourth-order valence-corrected chi connectivity index (χ4v) is 4.48. The van der Waals surface area contributed by atoms with Crippen molar-refractivity contribution in [3.05, 3.63) is 59.2 Å². The van der Waals surface area contributed by atoms with E-state index >= 15 is 0 Å². The van der Waals surface area contributed by atoms with Crippen LogP contribution in [0.1, 0.15) is 54.6 Å². The number of benzene rings is 2. The number of rotatable bonds is 6. The third-order valence-electron chi connectivity index (χ3n) is 6.26. The monoisotopic (exact) mass is 433 g/mol. The first kappa shape index (κ1) is 22.1. The van der Waals surface area contributed by atoms with Crippen molar-refractivity contribution in [2.45, 2.75) is 39.7 Å². The molecule has 32 heavy (non-hydrogen) atoms. The van der Waals surface area contributed by atoms with Crippen LogP contribution in [0.2, 0.25) is 0 Å². The maximum Gasteiger partial charge on any atom is 0.335 e. The zero-order chi connectivity index (χ0) is 22.8. The minimum Gasteiger partial charge on any atom is -0.494 e. The molecule has 6 heteroatoms. The lowest BCUT2D eigenvalue weighted by Crippen LogP contribution is -2.28. The lowest BCUT2D eigenvalue weighted by Gasteiger charge is -2.26. The molecule has 0 amide bonds. The summed E-state index contributed by atoms with van der Waals surface area (Å²) >= 11 is 0. The molecule has 0 bridgehead atoms. The molecule has 1 aromatic heterocycles. The SMILES string of the molecule is CC(C)C(=Nc1ccc(CN2CCCCC2)cc1)c1c(O)n(C)c2ccc(C(=O)O)cc12. The van der Waals surface area contributed by atoms with Gasteiger partial charge in [-0.1, -0.05) is 32.4 Å².